The second-order valence-corrected chi connectivity index (χ2v) is 10.9. The number of pyridine rings is 1. The van der Waals surface area contributed by atoms with Crippen LogP contribution in [0.1, 0.15) is 0 Å². The maximum Gasteiger partial charge on any atom is 0.154 e. The van der Waals surface area contributed by atoms with Gasteiger partial charge in [-0.05, 0) is 28.7 Å². The van der Waals surface area contributed by atoms with Crippen molar-refractivity contribution in [2.45, 2.75) is 19.6 Å². The first kappa shape index (κ1) is 12.0. The van der Waals surface area contributed by atoms with E-state index in [-0.39, 0.29) is 5.82 Å². The molecule has 0 bridgehead atoms. The lowest BCUT2D eigenvalue weighted by Gasteiger charge is -2.18. The third-order valence-electron chi connectivity index (χ3n) is 2.48. The average molecular weight is 345 g/mol. The fourth-order valence-electron chi connectivity index (χ4n) is 1.65. The van der Waals surface area contributed by atoms with Gasteiger partial charge in [0.25, 0.3) is 0 Å². The van der Waals surface area contributed by atoms with Gasteiger partial charge in [0.05, 0.1) is 14.4 Å². The molecule has 0 N–H and O–H groups in total. The van der Waals surface area contributed by atoms with Crippen molar-refractivity contribution in [3.8, 4) is 0 Å². The summed E-state index contributed by atoms with van der Waals surface area (Å²) in [6.07, 6.45) is 0. The lowest BCUT2D eigenvalue weighted by atomic mass is 10.2. The first-order valence-electron chi connectivity index (χ1n) is 5.15. The smallest absolute Gasteiger partial charge is 0.154 e. The monoisotopic (exact) mass is 345 g/mol. The van der Waals surface area contributed by atoms with E-state index < -0.39 is 8.07 Å². The van der Waals surface area contributed by atoms with E-state index in [1.54, 1.807) is 0 Å². The average Bonchev–Trinajstić information content (AvgIpc) is 2.22. The molecule has 0 saturated carbocycles. The highest BCUT2D eigenvalue weighted by Gasteiger charge is 2.25. The summed E-state index contributed by atoms with van der Waals surface area (Å²) in [6.45, 7) is 6.34. The number of rotatable bonds is 1. The van der Waals surface area contributed by atoms with Crippen LogP contribution < -0.4 is 5.32 Å². The Labute approximate surface area is 109 Å². The summed E-state index contributed by atoms with van der Waals surface area (Å²) in [5, 5.41) is 1.58. The normalized spacial score (nSPS) is 12.1. The highest BCUT2D eigenvalue weighted by Crippen LogP contribution is 2.21. The molecule has 0 radical (unpaired) electrons. The minimum atomic E-state index is -1.72. The minimum absolute atomic E-state index is 0.126. The molecular formula is C12H13FINSi. The van der Waals surface area contributed by atoms with Gasteiger partial charge in [0, 0.05) is 5.39 Å². The van der Waals surface area contributed by atoms with Crippen LogP contribution in [0.5, 0.6) is 0 Å². The number of halogens is 2. The van der Waals surface area contributed by atoms with Crippen LogP contribution in [0.25, 0.3) is 10.9 Å². The molecular weight excluding hydrogens is 332 g/mol. The van der Waals surface area contributed by atoms with Crippen molar-refractivity contribution in [1.82, 2.24) is 4.98 Å². The van der Waals surface area contributed by atoms with E-state index in [1.165, 1.54) is 0 Å². The van der Waals surface area contributed by atoms with Gasteiger partial charge in [0.1, 0.15) is 8.07 Å². The van der Waals surface area contributed by atoms with Crippen molar-refractivity contribution in [3.05, 3.63) is 33.7 Å². The number of hydrogen-bond acceptors (Lipinski definition) is 1. The molecule has 0 unspecified atom stereocenters. The van der Waals surface area contributed by atoms with Gasteiger partial charge in [-0.25, -0.2) is 4.39 Å². The van der Waals surface area contributed by atoms with Gasteiger partial charge in [-0.2, -0.15) is 0 Å². The van der Waals surface area contributed by atoms with E-state index in [0.717, 1.165) is 10.9 Å². The Morgan fingerprint density at radius 2 is 1.81 bits per heavy atom. The largest absolute Gasteiger partial charge is 0.255 e. The predicted molar refractivity (Wildman–Crippen MR) is 77.4 cm³/mol. The molecule has 0 aliphatic heterocycles. The molecule has 1 aromatic heterocycles. The van der Waals surface area contributed by atoms with Crippen LogP contribution in [0.4, 0.5) is 4.39 Å². The third-order valence-corrected chi connectivity index (χ3v) is 5.29. The molecule has 2 rings (SSSR count). The van der Waals surface area contributed by atoms with Gasteiger partial charge < -0.3 is 0 Å². The zero-order valence-electron chi connectivity index (χ0n) is 9.51. The summed E-state index contributed by atoms with van der Waals surface area (Å²) in [4.78, 5) is 4.49. The SMILES string of the molecule is C[Si](C)(C)c1nc2ccccc2c(I)c1F. The van der Waals surface area contributed by atoms with Gasteiger partial charge in [-0.3, -0.25) is 4.98 Å². The number of aromatic nitrogens is 1. The standard InChI is InChI=1S/C12H13FINSi/c1-16(2,3)12-10(13)11(14)8-6-4-5-7-9(8)15-12/h4-7H,1-3H3. The number of benzene rings is 1. The molecule has 0 aliphatic rings. The Kier molecular flexibility index (Phi) is 3.05. The summed E-state index contributed by atoms with van der Waals surface area (Å²) in [7, 11) is -1.72. The molecule has 1 nitrogen and oxygen atoms in total. The topological polar surface area (TPSA) is 12.9 Å². The molecule has 2 aromatic rings. The Bertz CT molecular complexity index is 548. The van der Waals surface area contributed by atoms with Crippen LogP contribution in [0.3, 0.4) is 0 Å². The molecule has 84 valence electrons. The first-order valence-corrected chi connectivity index (χ1v) is 9.73. The third kappa shape index (κ3) is 2.00. The zero-order chi connectivity index (χ0) is 11.9. The van der Waals surface area contributed by atoms with Gasteiger partial charge in [-0.15, -0.1) is 0 Å². The molecule has 0 spiro atoms. The van der Waals surface area contributed by atoms with E-state index in [1.807, 2.05) is 24.3 Å². The fourth-order valence-corrected chi connectivity index (χ4v) is 3.85. The Morgan fingerprint density at radius 3 is 2.44 bits per heavy atom. The molecule has 16 heavy (non-hydrogen) atoms. The van der Waals surface area contributed by atoms with E-state index >= 15 is 0 Å². The number of hydrogen-bond donors (Lipinski definition) is 0. The second kappa shape index (κ2) is 4.07. The van der Waals surface area contributed by atoms with Crippen molar-refractivity contribution in [2.24, 2.45) is 0 Å². The number of para-hydroxylation sites is 1. The lowest BCUT2D eigenvalue weighted by Crippen LogP contribution is -2.43. The van der Waals surface area contributed by atoms with Gasteiger partial charge in [0.15, 0.2) is 5.82 Å². The molecule has 1 aromatic carbocycles. The molecule has 0 fully saturated rings. The van der Waals surface area contributed by atoms with Crippen LogP contribution in [0.15, 0.2) is 24.3 Å². The summed E-state index contributed by atoms with van der Waals surface area (Å²) >= 11 is 2.08. The molecule has 0 saturated heterocycles. The van der Waals surface area contributed by atoms with Gasteiger partial charge in [-0.1, -0.05) is 37.8 Å². The van der Waals surface area contributed by atoms with Crippen LogP contribution >= 0.6 is 22.6 Å². The quantitative estimate of drug-likeness (QED) is 0.569. The summed E-state index contributed by atoms with van der Waals surface area (Å²) in [6, 6.07) is 7.72. The highest BCUT2D eigenvalue weighted by molar-refractivity contribution is 14.1. The Morgan fingerprint density at radius 1 is 1.19 bits per heavy atom. The highest BCUT2D eigenvalue weighted by atomic mass is 127. The van der Waals surface area contributed by atoms with Crippen LogP contribution in [-0.2, 0) is 0 Å². The maximum atomic E-state index is 14.2. The molecule has 1 heterocycles. The van der Waals surface area contributed by atoms with Gasteiger partial charge in [0.2, 0.25) is 0 Å². The maximum absolute atomic E-state index is 14.2. The summed E-state index contributed by atoms with van der Waals surface area (Å²) < 4.78 is 14.9. The molecule has 0 atom stereocenters. The van der Waals surface area contributed by atoms with Crippen molar-refractivity contribution < 1.29 is 4.39 Å². The number of nitrogens with zero attached hydrogens (tertiary/aromatic N) is 1. The molecule has 0 amide bonds. The van der Waals surface area contributed by atoms with Crippen LogP contribution in [0.2, 0.25) is 19.6 Å². The lowest BCUT2D eigenvalue weighted by molar-refractivity contribution is 0.626. The van der Waals surface area contributed by atoms with Crippen LogP contribution in [-0.4, -0.2) is 13.1 Å². The van der Waals surface area contributed by atoms with Crippen molar-refractivity contribution in [3.63, 3.8) is 0 Å². The van der Waals surface area contributed by atoms with E-state index in [2.05, 4.69) is 47.2 Å². The van der Waals surface area contributed by atoms with Gasteiger partial charge >= 0.3 is 0 Å². The number of fused-ring (bicyclic) bond motifs is 1. The van der Waals surface area contributed by atoms with E-state index in [0.29, 0.717) is 8.89 Å². The Hall–Kier alpha value is -0.493. The van der Waals surface area contributed by atoms with E-state index in [9.17, 15) is 4.39 Å². The van der Waals surface area contributed by atoms with Crippen molar-refractivity contribution in [1.29, 1.82) is 0 Å². The molecule has 4 heteroatoms. The minimum Gasteiger partial charge on any atom is -0.255 e. The Balaban J connectivity index is 2.84. The zero-order valence-corrected chi connectivity index (χ0v) is 12.7. The van der Waals surface area contributed by atoms with Crippen LogP contribution in [0, 0.1) is 9.39 Å². The first-order chi connectivity index (χ1) is 7.41. The van der Waals surface area contributed by atoms with Crippen molar-refractivity contribution in [2.75, 3.05) is 0 Å². The summed E-state index contributed by atoms with van der Waals surface area (Å²) in [5.41, 5.74) is 0.894. The van der Waals surface area contributed by atoms with Crippen molar-refractivity contribution >= 4 is 46.9 Å². The molecule has 0 aliphatic carbocycles. The predicted octanol–water partition coefficient (Wildman–Crippen LogP) is 3.52. The fraction of sp³-hybridized carbons (Fsp3) is 0.250. The summed E-state index contributed by atoms with van der Waals surface area (Å²) in [5.74, 6) is -0.126. The van der Waals surface area contributed by atoms with E-state index in [4.69, 9.17) is 0 Å². The second-order valence-electron chi connectivity index (χ2n) is 4.86.